The van der Waals surface area contributed by atoms with Crippen LogP contribution in [-0.2, 0) is 0 Å². The molecular weight excluding hydrogens is 373 g/mol. The third-order valence-corrected chi connectivity index (χ3v) is 4.67. The zero-order valence-electron chi connectivity index (χ0n) is 11.0. The molecule has 2 nitrogen and oxygen atoms in total. The van der Waals surface area contributed by atoms with Gasteiger partial charge in [-0.3, -0.25) is 4.79 Å². The number of ketones is 1. The third kappa shape index (κ3) is 3.29. The fourth-order valence-corrected chi connectivity index (χ4v) is 2.87. The molecular formula is C16H10BrCl2NO. The van der Waals surface area contributed by atoms with Crippen LogP contribution in [0, 0.1) is 18.3 Å². The van der Waals surface area contributed by atoms with Gasteiger partial charge in [0, 0.05) is 25.6 Å². The Balaban J connectivity index is 2.49. The zero-order valence-corrected chi connectivity index (χ0v) is 14.1. The number of rotatable bonds is 3. The molecule has 2 aromatic carbocycles. The van der Waals surface area contributed by atoms with Gasteiger partial charge in [0.2, 0.25) is 0 Å². The molecule has 0 aliphatic carbocycles. The Morgan fingerprint density at radius 1 is 1.24 bits per heavy atom. The van der Waals surface area contributed by atoms with Crippen molar-refractivity contribution in [2.24, 2.45) is 0 Å². The summed E-state index contributed by atoms with van der Waals surface area (Å²) in [6, 6.07) is 12.1. The zero-order chi connectivity index (χ0) is 15.6. The number of aryl methyl sites for hydroxylation is 1. The number of carbonyl (C=O) groups excluding carboxylic acids is 1. The lowest BCUT2D eigenvalue weighted by molar-refractivity contribution is 0.0979. The summed E-state index contributed by atoms with van der Waals surface area (Å²) >= 11 is 15.6. The number of carbonyl (C=O) groups is 1. The van der Waals surface area contributed by atoms with Crippen LogP contribution in [0.25, 0.3) is 0 Å². The number of hydrogen-bond acceptors (Lipinski definition) is 2. The average Bonchev–Trinajstić information content (AvgIpc) is 2.45. The molecule has 106 valence electrons. The molecule has 1 atom stereocenters. The van der Waals surface area contributed by atoms with Crippen molar-refractivity contribution in [2.45, 2.75) is 12.8 Å². The molecule has 0 heterocycles. The molecule has 0 radical (unpaired) electrons. The smallest absolute Gasteiger partial charge is 0.184 e. The number of benzene rings is 2. The number of halogens is 3. The van der Waals surface area contributed by atoms with Crippen molar-refractivity contribution in [1.29, 1.82) is 5.26 Å². The highest BCUT2D eigenvalue weighted by Gasteiger charge is 2.26. The lowest BCUT2D eigenvalue weighted by Gasteiger charge is -2.13. The van der Waals surface area contributed by atoms with Crippen molar-refractivity contribution < 1.29 is 4.79 Å². The van der Waals surface area contributed by atoms with Crippen LogP contribution in [0.3, 0.4) is 0 Å². The molecule has 0 saturated carbocycles. The second kappa shape index (κ2) is 6.62. The van der Waals surface area contributed by atoms with Crippen LogP contribution in [0.15, 0.2) is 40.9 Å². The van der Waals surface area contributed by atoms with Crippen molar-refractivity contribution in [3.8, 4) is 6.07 Å². The van der Waals surface area contributed by atoms with Gasteiger partial charge < -0.3 is 0 Å². The van der Waals surface area contributed by atoms with Crippen molar-refractivity contribution >= 4 is 44.9 Å². The van der Waals surface area contributed by atoms with Gasteiger partial charge in [0.15, 0.2) is 5.78 Å². The van der Waals surface area contributed by atoms with E-state index in [1.165, 1.54) is 0 Å². The Hall–Kier alpha value is -1.34. The first-order valence-corrected chi connectivity index (χ1v) is 7.64. The molecule has 0 aliphatic rings. The van der Waals surface area contributed by atoms with E-state index in [0.717, 1.165) is 10.0 Å². The quantitative estimate of drug-likeness (QED) is 0.652. The van der Waals surface area contributed by atoms with E-state index in [1.54, 1.807) is 36.4 Å². The molecule has 0 saturated heterocycles. The van der Waals surface area contributed by atoms with Gasteiger partial charge in [0.25, 0.3) is 0 Å². The van der Waals surface area contributed by atoms with E-state index in [4.69, 9.17) is 23.2 Å². The summed E-state index contributed by atoms with van der Waals surface area (Å²) in [7, 11) is 0. The fourth-order valence-electron chi connectivity index (χ4n) is 2.01. The van der Waals surface area contributed by atoms with Crippen molar-refractivity contribution in [2.75, 3.05) is 0 Å². The average molecular weight is 383 g/mol. The Labute approximate surface area is 141 Å². The Morgan fingerprint density at radius 3 is 2.38 bits per heavy atom. The van der Waals surface area contributed by atoms with Gasteiger partial charge in [-0.15, -0.1) is 0 Å². The number of nitrogens with zero attached hydrogens (tertiary/aromatic N) is 1. The first-order valence-electron chi connectivity index (χ1n) is 6.09. The first-order chi connectivity index (χ1) is 9.95. The van der Waals surface area contributed by atoms with Crippen LogP contribution in [0.2, 0.25) is 10.0 Å². The van der Waals surface area contributed by atoms with Gasteiger partial charge in [0.05, 0.1) is 6.07 Å². The molecule has 0 amide bonds. The van der Waals surface area contributed by atoms with E-state index in [2.05, 4.69) is 15.9 Å². The SMILES string of the molecule is Cc1cc(C(=O)C(C#N)c2c(Cl)cccc2Cl)ccc1Br. The predicted octanol–water partition coefficient (Wildman–Crippen LogP) is 5.55. The fraction of sp³-hybridized carbons (Fsp3) is 0.125. The normalized spacial score (nSPS) is 11.8. The van der Waals surface area contributed by atoms with Gasteiger partial charge in [-0.2, -0.15) is 5.26 Å². The van der Waals surface area contributed by atoms with Crippen LogP contribution in [-0.4, -0.2) is 5.78 Å². The lowest BCUT2D eigenvalue weighted by atomic mass is 9.91. The largest absolute Gasteiger partial charge is 0.292 e. The molecule has 2 aromatic rings. The van der Waals surface area contributed by atoms with Crippen LogP contribution in [0.5, 0.6) is 0 Å². The van der Waals surface area contributed by atoms with Gasteiger partial charge in [-0.25, -0.2) is 0 Å². The minimum atomic E-state index is -1.02. The lowest BCUT2D eigenvalue weighted by Crippen LogP contribution is -2.12. The molecule has 0 bridgehead atoms. The molecule has 0 fully saturated rings. The van der Waals surface area contributed by atoms with Crippen molar-refractivity contribution in [3.05, 3.63) is 67.6 Å². The minimum absolute atomic E-state index is 0.316. The monoisotopic (exact) mass is 381 g/mol. The maximum atomic E-state index is 12.6. The molecule has 5 heteroatoms. The number of nitriles is 1. The maximum Gasteiger partial charge on any atom is 0.184 e. The third-order valence-electron chi connectivity index (χ3n) is 3.12. The van der Waals surface area contributed by atoms with Gasteiger partial charge >= 0.3 is 0 Å². The molecule has 0 spiro atoms. The summed E-state index contributed by atoms with van der Waals surface area (Å²) in [6.45, 7) is 1.88. The standard InChI is InChI=1S/C16H10BrCl2NO/c1-9-7-10(5-6-12(9)17)16(21)11(8-20)15-13(18)3-2-4-14(15)19/h2-7,11H,1H3. The second-order valence-electron chi connectivity index (χ2n) is 4.53. The van der Waals surface area contributed by atoms with E-state index in [0.29, 0.717) is 21.2 Å². The minimum Gasteiger partial charge on any atom is -0.292 e. The predicted molar refractivity (Wildman–Crippen MR) is 88.0 cm³/mol. The van der Waals surface area contributed by atoms with E-state index in [1.807, 2.05) is 13.0 Å². The van der Waals surface area contributed by atoms with E-state index in [9.17, 15) is 10.1 Å². The Morgan fingerprint density at radius 2 is 1.86 bits per heavy atom. The number of hydrogen-bond donors (Lipinski definition) is 0. The topological polar surface area (TPSA) is 40.9 Å². The molecule has 0 aromatic heterocycles. The van der Waals surface area contributed by atoms with E-state index < -0.39 is 5.92 Å². The summed E-state index contributed by atoms with van der Waals surface area (Å²) in [6.07, 6.45) is 0. The molecule has 2 rings (SSSR count). The first kappa shape index (κ1) is 16.0. The van der Waals surface area contributed by atoms with Crippen molar-refractivity contribution in [1.82, 2.24) is 0 Å². The highest BCUT2D eigenvalue weighted by molar-refractivity contribution is 9.10. The maximum absolute atomic E-state index is 12.6. The van der Waals surface area contributed by atoms with Crippen LogP contribution < -0.4 is 0 Å². The van der Waals surface area contributed by atoms with E-state index in [-0.39, 0.29) is 5.78 Å². The Bertz CT molecular complexity index is 732. The van der Waals surface area contributed by atoms with Gasteiger partial charge in [-0.1, -0.05) is 51.3 Å². The highest BCUT2D eigenvalue weighted by atomic mass is 79.9. The summed E-state index contributed by atoms with van der Waals surface area (Å²) in [5, 5.41) is 10.0. The summed E-state index contributed by atoms with van der Waals surface area (Å²) in [5.41, 5.74) is 1.73. The van der Waals surface area contributed by atoms with Gasteiger partial charge in [-0.05, 0) is 36.8 Å². The Kier molecular flexibility index (Phi) is 5.05. The summed E-state index contributed by atoms with van der Waals surface area (Å²) < 4.78 is 0.906. The molecule has 0 N–H and O–H groups in total. The van der Waals surface area contributed by atoms with Crippen LogP contribution in [0.4, 0.5) is 0 Å². The number of Topliss-reactive ketones (excluding diaryl/α,β-unsaturated/α-hetero) is 1. The molecule has 0 aliphatic heterocycles. The molecule has 1 unspecified atom stereocenters. The van der Waals surface area contributed by atoms with Crippen molar-refractivity contribution in [3.63, 3.8) is 0 Å². The summed E-state index contributed by atoms with van der Waals surface area (Å²) in [4.78, 5) is 12.6. The molecule has 21 heavy (non-hydrogen) atoms. The second-order valence-corrected chi connectivity index (χ2v) is 6.19. The highest BCUT2D eigenvalue weighted by Crippen LogP contribution is 2.33. The summed E-state index contributed by atoms with van der Waals surface area (Å²) in [5.74, 6) is -1.34. The van der Waals surface area contributed by atoms with E-state index >= 15 is 0 Å². The van der Waals surface area contributed by atoms with Crippen LogP contribution >= 0.6 is 39.1 Å². The van der Waals surface area contributed by atoms with Gasteiger partial charge in [0.1, 0.15) is 5.92 Å². The van der Waals surface area contributed by atoms with Crippen LogP contribution in [0.1, 0.15) is 27.4 Å².